The number of fused-ring (bicyclic) bond motifs is 1. The maximum atomic E-state index is 12.6. The number of carbonyl (C=O) groups is 2. The summed E-state index contributed by atoms with van der Waals surface area (Å²) in [4.78, 5) is 27.3. The zero-order valence-electron chi connectivity index (χ0n) is 14.3. The third-order valence-corrected chi connectivity index (χ3v) is 4.10. The van der Waals surface area contributed by atoms with Gasteiger partial charge in [-0.25, -0.2) is 4.39 Å². The van der Waals surface area contributed by atoms with Crippen LogP contribution in [0.3, 0.4) is 0 Å². The normalized spacial score (nSPS) is 14.4. The number of benzene rings is 1. The molecular formula is C18H23FN2O3. The minimum Gasteiger partial charge on any atom is -0.489 e. The number of carbonyl (C=O) groups excluding carboxylic acids is 2. The molecule has 0 fully saturated rings. The summed E-state index contributed by atoms with van der Waals surface area (Å²) in [6.45, 7) is 2.65. The van der Waals surface area contributed by atoms with Crippen molar-refractivity contribution in [2.45, 2.75) is 19.8 Å². The Morgan fingerprint density at radius 2 is 2.17 bits per heavy atom. The molecule has 0 unspecified atom stereocenters. The molecule has 1 aromatic carbocycles. The van der Waals surface area contributed by atoms with Crippen LogP contribution in [0.5, 0.6) is 5.75 Å². The molecular weight excluding hydrogens is 311 g/mol. The fourth-order valence-electron chi connectivity index (χ4n) is 2.44. The van der Waals surface area contributed by atoms with Crippen LogP contribution in [0, 0.1) is 0 Å². The number of likely N-dealkylation sites (N-methyl/N-ethyl adjacent to an activating group) is 1. The number of hydrogen-bond acceptors (Lipinski definition) is 3. The van der Waals surface area contributed by atoms with E-state index in [-0.39, 0.29) is 25.0 Å². The summed E-state index contributed by atoms with van der Waals surface area (Å²) in [5.41, 5.74) is 2.07. The smallest absolute Gasteiger partial charge is 0.254 e. The quantitative estimate of drug-likeness (QED) is 0.803. The number of hydrogen-bond donors (Lipinski definition) is 0. The molecule has 6 heteroatoms. The first kappa shape index (κ1) is 18.0. The molecule has 0 saturated carbocycles. The van der Waals surface area contributed by atoms with E-state index < -0.39 is 0 Å². The topological polar surface area (TPSA) is 49.9 Å². The second-order valence-electron chi connectivity index (χ2n) is 5.99. The Morgan fingerprint density at radius 3 is 2.79 bits per heavy atom. The predicted octanol–water partition coefficient (Wildman–Crippen LogP) is 2.42. The first-order valence-electron chi connectivity index (χ1n) is 7.99. The highest BCUT2D eigenvalue weighted by Crippen LogP contribution is 2.24. The van der Waals surface area contributed by atoms with Gasteiger partial charge < -0.3 is 14.5 Å². The first-order chi connectivity index (χ1) is 11.5. The van der Waals surface area contributed by atoms with E-state index in [4.69, 9.17) is 4.74 Å². The number of ether oxygens (including phenoxy) is 1. The average Bonchev–Trinajstić information content (AvgIpc) is 2.58. The van der Waals surface area contributed by atoms with Crippen molar-refractivity contribution in [1.29, 1.82) is 0 Å². The van der Waals surface area contributed by atoms with E-state index in [2.05, 4.69) is 0 Å². The van der Waals surface area contributed by atoms with Gasteiger partial charge in [-0.15, -0.1) is 0 Å². The molecule has 130 valence electrons. The highest BCUT2D eigenvalue weighted by Gasteiger charge is 2.26. The largest absolute Gasteiger partial charge is 0.489 e. The minimum absolute atomic E-state index is 0.0880. The van der Waals surface area contributed by atoms with Crippen LogP contribution < -0.4 is 4.74 Å². The van der Waals surface area contributed by atoms with Gasteiger partial charge in [0, 0.05) is 26.2 Å². The molecule has 0 spiro atoms. The Kier molecular flexibility index (Phi) is 5.95. The zero-order chi connectivity index (χ0) is 17.7. The van der Waals surface area contributed by atoms with Gasteiger partial charge in [0.25, 0.3) is 5.91 Å². The maximum Gasteiger partial charge on any atom is 0.254 e. The van der Waals surface area contributed by atoms with Crippen LogP contribution in [0.15, 0.2) is 30.1 Å². The van der Waals surface area contributed by atoms with Gasteiger partial charge in [-0.1, -0.05) is 6.92 Å². The van der Waals surface area contributed by atoms with E-state index in [0.717, 1.165) is 5.56 Å². The number of amides is 2. The average molecular weight is 334 g/mol. The van der Waals surface area contributed by atoms with Crippen molar-refractivity contribution in [1.82, 2.24) is 9.80 Å². The molecule has 0 radical (unpaired) electrons. The van der Waals surface area contributed by atoms with Crippen LogP contribution in [0.4, 0.5) is 4.39 Å². The van der Waals surface area contributed by atoms with E-state index in [0.29, 0.717) is 42.6 Å². The Balaban J connectivity index is 2.07. The molecule has 24 heavy (non-hydrogen) atoms. The fourth-order valence-corrected chi connectivity index (χ4v) is 2.44. The summed E-state index contributed by atoms with van der Waals surface area (Å²) in [6, 6.07) is 5.24. The van der Waals surface area contributed by atoms with E-state index in [9.17, 15) is 14.0 Å². The molecule has 0 saturated heterocycles. The lowest BCUT2D eigenvalue weighted by atomic mass is 9.98. The summed E-state index contributed by atoms with van der Waals surface area (Å²) in [5.74, 6) is 0.375. The van der Waals surface area contributed by atoms with Crippen molar-refractivity contribution in [3.8, 4) is 5.75 Å². The van der Waals surface area contributed by atoms with Crippen LogP contribution in [-0.2, 0) is 11.2 Å². The first-order valence-corrected chi connectivity index (χ1v) is 7.99. The van der Waals surface area contributed by atoms with Crippen LogP contribution in [-0.4, -0.2) is 55.4 Å². The van der Waals surface area contributed by atoms with Crippen molar-refractivity contribution in [2.24, 2.45) is 0 Å². The fraction of sp³-hybridized carbons (Fsp3) is 0.444. The van der Waals surface area contributed by atoms with Crippen molar-refractivity contribution >= 4 is 11.8 Å². The standard InChI is InChI=1S/C18H23FN2O3/c1-4-13(10-19)12-24-15-5-6-16-14(9-15)7-8-21(18(16)23)11-17(22)20(2)3/h5-6,9-10H,4,7-8,11-12H2,1-3H3/b13-10-. The summed E-state index contributed by atoms with van der Waals surface area (Å²) in [7, 11) is 3.34. The Hall–Kier alpha value is -2.37. The SMILES string of the molecule is CC/C(=C/F)COc1ccc2c(c1)CCN(CC(=O)N(C)C)C2=O. The van der Waals surface area contributed by atoms with Gasteiger partial charge in [-0.2, -0.15) is 0 Å². The molecule has 0 bridgehead atoms. The Bertz CT molecular complexity index is 656. The predicted molar refractivity (Wildman–Crippen MR) is 89.7 cm³/mol. The van der Waals surface area contributed by atoms with Crippen molar-refractivity contribution in [2.75, 3.05) is 33.8 Å². The highest BCUT2D eigenvalue weighted by atomic mass is 19.1. The van der Waals surface area contributed by atoms with E-state index in [1.54, 1.807) is 31.1 Å². The molecule has 1 aromatic rings. The van der Waals surface area contributed by atoms with Gasteiger partial charge in [0.15, 0.2) is 0 Å². The number of halogens is 1. The summed E-state index contributed by atoms with van der Waals surface area (Å²) >= 11 is 0. The van der Waals surface area contributed by atoms with Crippen molar-refractivity contribution in [3.63, 3.8) is 0 Å². The van der Waals surface area contributed by atoms with Gasteiger partial charge in [-0.3, -0.25) is 9.59 Å². The monoisotopic (exact) mass is 334 g/mol. The van der Waals surface area contributed by atoms with Gasteiger partial charge in [0.05, 0.1) is 6.33 Å². The highest BCUT2D eigenvalue weighted by molar-refractivity contribution is 5.98. The molecule has 0 atom stereocenters. The molecule has 1 aliphatic heterocycles. The third-order valence-electron chi connectivity index (χ3n) is 4.10. The lowest BCUT2D eigenvalue weighted by Gasteiger charge is -2.29. The summed E-state index contributed by atoms with van der Waals surface area (Å²) < 4.78 is 18.1. The van der Waals surface area contributed by atoms with Crippen molar-refractivity contribution in [3.05, 3.63) is 41.2 Å². The van der Waals surface area contributed by atoms with E-state index in [1.165, 1.54) is 4.90 Å². The third kappa shape index (κ3) is 4.13. The van der Waals surface area contributed by atoms with Crippen LogP contribution >= 0.6 is 0 Å². The summed E-state index contributed by atoms with van der Waals surface area (Å²) in [5, 5.41) is 0. The summed E-state index contributed by atoms with van der Waals surface area (Å²) in [6.07, 6.45) is 1.83. The molecule has 2 amide bonds. The molecule has 0 aliphatic carbocycles. The van der Waals surface area contributed by atoms with Crippen LogP contribution in [0.2, 0.25) is 0 Å². The lowest BCUT2D eigenvalue weighted by molar-refractivity contribution is -0.129. The molecule has 2 rings (SSSR count). The molecule has 0 aromatic heterocycles. The minimum atomic E-state index is -0.143. The van der Waals surface area contributed by atoms with Gasteiger partial charge in [-0.05, 0) is 42.2 Å². The van der Waals surface area contributed by atoms with Crippen LogP contribution in [0.25, 0.3) is 0 Å². The zero-order valence-corrected chi connectivity index (χ0v) is 14.3. The Labute approximate surface area is 141 Å². The van der Waals surface area contributed by atoms with Crippen LogP contribution in [0.1, 0.15) is 29.3 Å². The molecule has 0 N–H and O–H groups in total. The molecule has 1 heterocycles. The molecule has 5 nitrogen and oxygen atoms in total. The number of rotatable bonds is 6. The molecule has 1 aliphatic rings. The second kappa shape index (κ2) is 7.95. The second-order valence-corrected chi connectivity index (χ2v) is 5.99. The Morgan fingerprint density at radius 1 is 1.42 bits per heavy atom. The van der Waals surface area contributed by atoms with Gasteiger partial charge >= 0.3 is 0 Å². The van der Waals surface area contributed by atoms with E-state index in [1.807, 2.05) is 13.0 Å². The number of nitrogens with zero attached hydrogens (tertiary/aromatic N) is 2. The maximum absolute atomic E-state index is 12.6. The van der Waals surface area contributed by atoms with Gasteiger partial charge in [0.1, 0.15) is 18.9 Å². The van der Waals surface area contributed by atoms with Crippen molar-refractivity contribution < 1.29 is 18.7 Å². The van der Waals surface area contributed by atoms with Gasteiger partial charge in [0.2, 0.25) is 5.91 Å². The lowest BCUT2D eigenvalue weighted by Crippen LogP contribution is -2.43. The van der Waals surface area contributed by atoms with E-state index >= 15 is 0 Å².